The van der Waals surface area contributed by atoms with E-state index in [1.165, 1.54) is 28.9 Å². The molecule has 8 heteroatoms. The third kappa shape index (κ3) is 6.11. The van der Waals surface area contributed by atoms with Gasteiger partial charge in [-0.2, -0.15) is 4.68 Å². The van der Waals surface area contributed by atoms with Crippen LogP contribution in [-0.4, -0.2) is 29.8 Å². The number of aromatic nitrogens is 2. The van der Waals surface area contributed by atoms with Crippen LogP contribution in [0.15, 0.2) is 89.7 Å². The predicted octanol–water partition coefficient (Wildman–Crippen LogP) is 3.95. The van der Waals surface area contributed by atoms with Crippen LogP contribution < -0.4 is 20.5 Å². The number of carbonyl (C=O) groups is 1. The molecule has 0 bridgehead atoms. The van der Waals surface area contributed by atoms with Crippen LogP contribution in [0.1, 0.15) is 21.5 Å². The van der Waals surface area contributed by atoms with Crippen LogP contribution in [0.5, 0.6) is 5.88 Å². The van der Waals surface area contributed by atoms with Crippen LogP contribution in [0.4, 0.5) is 10.1 Å². The third-order valence-electron chi connectivity index (χ3n) is 5.33. The van der Waals surface area contributed by atoms with Gasteiger partial charge < -0.3 is 15.0 Å². The summed E-state index contributed by atoms with van der Waals surface area (Å²) in [5.74, 6) is -0.355. The van der Waals surface area contributed by atoms with E-state index in [0.29, 0.717) is 23.4 Å². The minimum absolute atomic E-state index is 0.111. The van der Waals surface area contributed by atoms with E-state index in [-0.39, 0.29) is 29.8 Å². The molecule has 0 saturated heterocycles. The highest BCUT2D eigenvalue weighted by Gasteiger charge is 2.09. The first kappa shape index (κ1) is 23.7. The lowest BCUT2D eigenvalue weighted by atomic mass is 10.1. The van der Waals surface area contributed by atoms with Crippen molar-refractivity contribution in [1.29, 1.82) is 0 Å². The van der Waals surface area contributed by atoms with Crippen LogP contribution in [0.3, 0.4) is 0 Å². The molecule has 0 spiro atoms. The molecule has 1 heterocycles. The fraction of sp³-hybridized carbons (Fsp3) is 0.148. The van der Waals surface area contributed by atoms with Crippen molar-refractivity contribution in [1.82, 2.24) is 15.1 Å². The van der Waals surface area contributed by atoms with Gasteiger partial charge in [-0.1, -0.05) is 24.3 Å². The lowest BCUT2D eigenvalue weighted by Gasteiger charge is -2.13. The van der Waals surface area contributed by atoms with E-state index in [1.54, 1.807) is 36.4 Å². The highest BCUT2D eigenvalue weighted by atomic mass is 19.1. The number of hydrogen-bond donors (Lipinski definition) is 1. The number of ether oxygens (including phenoxy) is 1. The summed E-state index contributed by atoms with van der Waals surface area (Å²) in [5, 5.41) is 7.13. The van der Waals surface area contributed by atoms with Crippen LogP contribution in [0.25, 0.3) is 5.69 Å². The molecule has 4 aromatic rings. The minimum Gasteiger partial charge on any atom is -0.472 e. The summed E-state index contributed by atoms with van der Waals surface area (Å²) in [6.45, 7) is 0.514. The molecule has 0 aliphatic carbocycles. The summed E-state index contributed by atoms with van der Waals surface area (Å²) in [6.07, 6.45) is 0. The molecular weight excluding hydrogens is 447 g/mol. The molecule has 0 atom stereocenters. The highest BCUT2D eigenvalue weighted by molar-refractivity contribution is 5.94. The molecule has 1 aromatic heterocycles. The summed E-state index contributed by atoms with van der Waals surface area (Å²) < 4.78 is 20.2. The molecule has 0 fully saturated rings. The van der Waals surface area contributed by atoms with Crippen molar-refractivity contribution in [2.45, 2.75) is 13.2 Å². The van der Waals surface area contributed by atoms with Crippen LogP contribution >= 0.6 is 0 Å². The van der Waals surface area contributed by atoms with Gasteiger partial charge in [-0.15, -0.1) is 5.10 Å². The molecule has 0 saturated carbocycles. The smallest absolute Gasteiger partial charge is 0.271 e. The number of carbonyl (C=O) groups excluding carboxylic acids is 1. The van der Waals surface area contributed by atoms with Gasteiger partial charge in [-0.3, -0.25) is 9.59 Å². The SMILES string of the molecule is CN(C)c1ccc(CNC(=O)c2ccc(-n3nc(OCc4cccc(F)c4)ccc3=O)cc2)cc1. The van der Waals surface area contributed by atoms with Crippen LogP contribution in [-0.2, 0) is 13.2 Å². The monoisotopic (exact) mass is 472 g/mol. The number of halogens is 1. The zero-order valence-corrected chi connectivity index (χ0v) is 19.4. The Morgan fingerprint density at radius 2 is 1.71 bits per heavy atom. The van der Waals surface area contributed by atoms with Gasteiger partial charge in [0.05, 0.1) is 5.69 Å². The van der Waals surface area contributed by atoms with Crippen molar-refractivity contribution in [2.24, 2.45) is 0 Å². The fourth-order valence-corrected chi connectivity index (χ4v) is 3.39. The van der Waals surface area contributed by atoms with E-state index in [9.17, 15) is 14.0 Å². The van der Waals surface area contributed by atoms with Gasteiger partial charge in [-0.25, -0.2) is 4.39 Å². The summed E-state index contributed by atoms with van der Waals surface area (Å²) in [6, 6.07) is 23.4. The molecule has 0 radical (unpaired) electrons. The average molecular weight is 473 g/mol. The Kier molecular flexibility index (Phi) is 7.21. The molecular formula is C27H25FN4O3. The maximum absolute atomic E-state index is 13.3. The third-order valence-corrected chi connectivity index (χ3v) is 5.33. The zero-order valence-electron chi connectivity index (χ0n) is 19.4. The quantitative estimate of drug-likeness (QED) is 0.420. The molecule has 1 N–H and O–H groups in total. The maximum Gasteiger partial charge on any atom is 0.271 e. The molecule has 178 valence electrons. The Hall–Kier alpha value is -4.46. The Morgan fingerprint density at radius 3 is 2.40 bits per heavy atom. The number of amides is 1. The second-order valence-electron chi connectivity index (χ2n) is 8.13. The summed E-state index contributed by atoms with van der Waals surface area (Å²) in [7, 11) is 3.95. The molecule has 0 aliphatic rings. The number of rotatable bonds is 8. The predicted molar refractivity (Wildman–Crippen MR) is 133 cm³/mol. The summed E-state index contributed by atoms with van der Waals surface area (Å²) in [5.41, 5.74) is 3.33. The molecule has 1 amide bonds. The second kappa shape index (κ2) is 10.6. The van der Waals surface area contributed by atoms with Gasteiger partial charge in [0.2, 0.25) is 5.88 Å². The molecule has 7 nitrogen and oxygen atoms in total. The molecule has 35 heavy (non-hydrogen) atoms. The topological polar surface area (TPSA) is 76.5 Å². The van der Waals surface area contributed by atoms with Crippen molar-refractivity contribution >= 4 is 11.6 Å². The molecule has 3 aromatic carbocycles. The van der Waals surface area contributed by atoms with E-state index >= 15 is 0 Å². The van der Waals surface area contributed by atoms with E-state index in [1.807, 2.05) is 43.3 Å². The first-order valence-corrected chi connectivity index (χ1v) is 11.0. The van der Waals surface area contributed by atoms with E-state index in [0.717, 1.165) is 11.3 Å². The van der Waals surface area contributed by atoms with Gasteiger partial charge in [-0.05, 0) is 59.7 Å². The van der Waals surface area contributed by atoms with Crippen molar-refractivity contribution in [3.05, 3.63) is 118 Å². The first-order valence-electron chi connectivity index (χ1n) is 11.0. The Bertz CT molecular complexity index is 1370. The van der Waals surface area contributed by atoms with Gasteiger partial charge >= 0.3 is 0 Å². The minimum atomic E-state index is -0.351. The Labute approximate surface area is 202 Å². The second-order valence-corrected chi connectivity index (χ2v) is 8.13. The summed E-state index contributed by atoms with van der Waals surface area (Å²) >= 11 is 0. The maximum atomic E-state index is 13.3. The average Bonchev–Trinajstić information content (AvgIpc) is 2.87. The first-order chi connectivity index (χ1) is 16.9. The normalized spacial score (nSPS) is 10.6. The number of nitrogens with one attached hydrogen (secondary N) is 1. The van der Waals surface area contributed by atoms with Crippen molar-refractivity contribution in [3.8, 4) is 11.6 Å². The van der Waals surface area contributed by atoms with E-state index in [2.05, 4.69) is 10.4 Å². The lowest BCUT2D eigenvalue weighted by Crippen LogP contribution is -2.23. The van der Waals surface area contributed by atoms with Crippen molar-refractivity contribution in [3.63, 3.8) is 0 Å². The van der Waals surface area contributed by atoms with Gasteiger partial charge in [0, 0.05) is 44.0 Å². The molecule has 0 unspecified atom stereocenters. The lowest BCUT2D eigenvalue weighted by molar-refractivity contribution is 0.0951. The van der Waals surface area contributed by atoms with E-state index < -0.39 is 0 Å². The van der Waals surface area contributed by atoms with Crippen LogP contribution in [0, 0.1) is 5.82 Å². The number of benzene rings is 3. The van der Waals surface area contributed by atoms with Crippen molar-refractivity contribution in [2.75, 3.05) is 19.0 Å². The molecule has 0 aliphatic heterocycles. The number of hydrogen-bond acceptors (Lipinski definition) is 5. The fourth-order valence-electron chi connectivity index (χ4n) is 3.39. The Balaban J connectivity index is 1.40. The van der Waals surface area contributed by atoms with Gasteiger partial charge in [0.15, 0.2) is 0 Å². The number of anilines is 1. The van der Waals surface area contributed by atoms with Gasteiger partial charge in [0.25, 0.3) is 11.5 Å². The largest absolute Gasteiger partial charge is 0.472 e. The summed E-state index contributed by atoms with van der Waals surface area (Å²) in [4.78, 5) is 26.9. The van der Waals surface area contributed by atoms with E-state index in [4.69, 9.17) is 4.74 Å². The zero-order chi connectivity index (χ0) is 24.8. The standard InChI is InChI=1S/C27H25FN4O3/c1-31(2)23-10-6-19(7-11-23)17-29-27(34)21-8-12-24(13-9-21)32-26(33)15-14-25(30-32)35-18-20-4-3-5-22(28)16-20/h3-16H,17-18H2,1-2H3,(H,29,34). The number of nitrogens with zero attached hydrogens (tertiary/aromatic N) is 3. The molecule has 4 rings (SSSR count). The van der Waals surface area contributed by atoms with Gasteiger partial charge in [0.1, 0.15) is 12.4 Å². The van der Waals surface area contributed by atoms with Crippen molar-refractivity contribution < 1.29 is 13.9 Å². The Morgan fingerprint density at radius 1 is 0.971 bits per heavy atom. The van der Waals surface area contributed by atoms with Crippen LogP contribution in [0.2, 0.25) is 0 Å². The highest BCUT2D eigenvalue weighted by Crippen LogP contribution is 2.14.